The normalized spacial score (nSPS) is 33.0. The van der Waals surface area contributed by atoms with Gasteiger partial charge in [0.25, 0.3) is 0 Å². The van der Waals surface area contributed by atoms with Crippen LogP contribution in [0.25, 0.3) is 0 Å². The largest absolute Gasteiger partial charge is 0.414 e. The van der Waals surface area contributed by atoms with Crippen molar-refractivity contribution < 1.29 is 18.3 Å². The van der Waals surface area contributed by atoms with Gasteiger partial charge < -0.3 is 10.8 Å². The molecule has 1 saturated carbocycles. The summed E-state index contributed by atoms with van der Waals surface area (Å²) in [6, 6.07) is 0.0108. The van der Waals surface area contributed by atoms with Crippen LogP contribution in [-0.4, -0.2) is 23.4 Å². The fraction of sp³-hybridized carbons (Fsp3) is 1.00. The van der Waals surface area contributed by atoms with Gasteiger partial charge in [-0.25, -0.2) is 0 Å². The van der Waals surface area contributed by atoms with Gasteiger partial charge in [-0.15, -0.1) is 0 Å². The zero-order valence-electron chi connectivity index (χ0n) is 7.22. The number of rotatable bonds is 1. The van der Waals surface area contributed by atoms with E-state index in [-0.39, 0.29) is 6.04 Å². The molecule has 0 bridgehead atoms. The molecule has 0 aromatic rings. The molecular formula is C8H14F3NO. The van der Waals surface area contributed by atoms with E-state index in [2.05, 4.69) is 0 Å². The van der Waals surface area contributed by atoms with Gasteiger partial charge >= 0.3 is 6.18 Å². The van der Waals surface area contributed by atoms with Crippen LogP contribution in [0.5, 0.6) is 0 Å². The number of aliphatic hydroxyl groups excluding tert-OH is 1. The highest BCUT2D eigenvalue weighted by atomic mass is 19.4. The molecule has 0 radical (unpaired) electrons. The van der Waals surface area contributed by atoms with Gasteiger partial charge in [0.05, 0.1) is 0 Å². The van der Waals surface area contributed by atoms with Crippen molar-refractivity contribution in [3.8, 4) is 0 Å². The summed E-state index contributed by atoms with van der Waals surface area (Å²) in [5, 5.41) is 8.93. The SMILES string of the molecule is NC1CCC([C@H](O)C(F)(F)F)CC1. The third-order valence-electron chi connectivity index (χ3n) is 2.60. The highest BCUT2D eigenvalue weighted by Gasteiger charge is 2.43. The number of aliphatic hydroxyl groups is 1. The molecule has 1 atom stereocenters. The van der Waals surface area contributed by atoms with E-state index in [9.17, 15) is 13.2 Å². The van der Waals surface area contributed by atoms with Crippen LogP contribution >= 0.6 is 0 Å². The summed E-state index contributed by atoms with van der Waals surface area (Å²) in [5.41, 5.74) is 5.54. The number of nitrogens with two attached hydrogens (primary N) is 1. The Balaban J connectivity index is 2.45. The Kier molecular flexibility index (Phi) is 3.18. The fourth-order valence-electron chi connectivity index (χ4n) is 1.73. The summed E-state index contributed by atoms with van der Waals surface area (Å²) in [7, 11) is 0. The molecule has 78 valence electrons. The molecule has 0 aliphatic heterocycles. The lowest BCUT2D eigenvalue weighted by molar-refractivity contribution is -0.222. The Labute approximate surface area is 74.9 Å². The van der Waals surface area contributed by atoms with E-state index in [1.807, 2.05) is 0 Å². The minimum Gasteiger partial charge on any atom is -0.383 e. The van der Waals surface area contributed by atoms with Crippen molar-refractivity contribution in [2.24, 2.45) is 11.7 Å². The van der Waals surface area contributed by atoms with Crippen molar-refractivity contribution in [3.05, 3.63) is 0 Å². The van der Waals surface area contributed by atoms with Gasteiger partial charge in [0.1, 0.15) is 0 Å². The van der Waals surface area contributed by atoms with E-state index in [0.29, 0.717) is 25.7 Å². The lowest BCUT2D eigenvalue weighted by Crippen LogP contribution is -2.39. The molecule has 1 fully saturated rings. The van der Waals surface area contributed by atoms with Gasteiger partial charge in [0.2, 0.25) is 0 Å². The number of hydrogen-bond donors (Lipinski definition) is 2. The number of halogens is 3. The van der Waals surface area contributed by atoms with Crippen LogP contribution in [0.2, 0.25) is 0 Å². The summed E-state index contributed by atoms with van der Waals surface area (Å²) in [6.45, 7) is 0. The second-order valence-electron chi connectivity index (χ2n) is 3.66. The van der Waals surface area contributed by atoms with Crippen LogP contribution in [-0.2, 0) is 0 Å². The van der Waals surface area contributed by atoms with Crippen molar-refractivity contribution in [3.63, 3.8) is 0 Å². The minimum atomic E-state index is -4.48. The van der Waals surface area contributed by atoms with E-state index in [0.717, 1.165) is 0 Å². The zero-order valence-corrected chi connectivity index (χ0v) is 7.22. The molecule has 0 aromatic carbocycles. The van der Waals surface area contributed by atoms with Crippen LogP contribution in [0.3, 0.4) is 0 Å². The van der Waals surface area contributed by atoms with Crippen LogP contribution in [0.1, 0.15) is 25.7 Å². The number of alkyl halides is 3. The van der Waals surface area contributed by atoms with E-state index in [1.165, 1.54) is 0 Å². The molecule has 0 amide bonds. The molecule has 1 aliphatic rings. The molecule has 5 heteroatoms. The molecule has 0 spiro atoms. The average Bonchev–Trinajstić information content (AvgIpc) is 2.03. The van der Waals surface area contributed by atoms with Crippen LogP contribution in [0.15, 0.2) is 0 Å². The highest BCUT2D eigenvalue weighted by Crippen LogP contribution is 2.33. The lowest BCUT2D eigenvalue weighted by atomic mass is 9.83. The van der Waals surface area contributed by atoms with Gasteiger partial charge in [0.15, 0.2) is 6.10 Å². The highest BCUT2D eigenvalue weighted by molar-refractivity contribution is 4.82. The second-order valence-corrected chi connectivity index (χ2v) is 3.66. The predicted molar refractivity (Wildman–Crippen MR) is 42.0 cm³/mol. The molecule has 0 saturated heterocycles. The summed E-state index contributed by atoms with van der Waals surface area (Å²) in [5.74, 6) is -0.653. The second kappa shape index (κ2) is 3.84. The maximum Gasteiger partial charge on any atom is 0.414 e. The summed E-state index contributed by atoms with van der Waals surface area (Å²) < 4.78 is 36.1. The first-order valence-electron chi connectivity index (χ1n) is 4.41. The van der Waals surface area contributed by atoms with E-state index < -0.39 is 18.2 Å². The lowest BCUT2D eigenvalue weighted by Gasteiger charge is -2.30. The van der Waals surface area contributed by atoms with Crippen molar-refractivity contribution in [1.29, 1.82) is 0 Å². The Morgan fingerprint density at radius 3 is 2.00 bits per heavy atom. The van der Waals surface area contributed by atoms with Crippen LogP contribution in [0, 0.1) is 5.92 Å². The fourth-order valence-corrected chi connectivity index (χ4v) is 1.73. The molecule has 1 rings (SSSR count). The molecule has 2 nitrogen and oxygen atoms in total. The van der Waals surface area contributed by atoms with Crippen molar-refractivity contribution in [2.45, 2.75) is 44.0 Å². The van der Waals surface area contributed by atoms with Crippen LogP contribution in [0.4, 0.5) is 13.2 Å². The quantitative estimate of drug-likeness (QED) is 0.668. The van der Waals surface area contributed by atoms with Gasteiger partial charge in [-0.3, -0.25) is 0 Å². The molecule has 0 aromatic heterocycles. The maximum absolute atomic E-state index is 12.0. The van der Waals surface area contributed by atoms with Crippen molar-refractivity contribution in [1.82, 2.24) is 0 Å². The maximum atomic E-state index is 12.0. The first kappa shape index (κ1) is 10.8. The predicted octanol–water partition coefficient (Wildman–Crippen LogP) is 1.43. The Hall–Kier alpha value is -0.290. The third-order valence-corrected chi connectivity index (χ3v) is 2.60. The minimum absolute atomic E-state index is 0.0108. The first-order valence-corrected chi connectivity index (χ1v) is 4.41. The van der Waals surface area contributed by atoms with Gasteiger partial charge in [-0.1, -0.05) is 0 Å². The van der Waals surface area contributed by atoms with E-state index in [1.54, 1.807) is 0 Å². The molecule has 0 heterocycles. The molecule has 0 unspecified atom stereocenters. The molecule has 1 aliphatic carbocycles. The average molecular weight is 197 g/mol. The Bertz CT molecular complexity index is 163. The number of hydrogen-bond acceptors (Lipinski definition) is 2. The summed E-state index contributed by atoms with van der Waals surface area (Å²) in [6.07, 6.45) is -4.73. The summed E-state index contributed by atoms with van der Waals surface area (Å²) in [4.78, 5) is 0. The topological polar surface area (TPSA) is 46.2 Å². The molecular weight excluding hydrogens is 183 g/mol. The molecule has 3 N–H and O–H groups in total. The first-order chi connectivity index (χ1) is 5.91. The van der Waals surface area contributed by atoms with Crippen molar-refractivity contribution in [2.75, 3.05) is 0 Å². The third kappa shape index (κ3) is 2.84. The van der Waals surface area contributed by atoms with Crippen LogP contribution < -0.4 is 5.73 Å². The van der Waals surface area contributed by atoms with E-state index >= 15 is 0 Å². The van der Waals surface area contributed by atoms with Gasteiger partial charge in [-0.2, -0.15) is 13.2 Å². The smallest absolute Gasteiger partial charge is 0.383 e. The van der Waals surface area contributed by atoms with Gasteiger partial charge in [-0.05, 0) is 31.6 Å². The van der Waals surface area contributed by atoms with Crippen molar-refractivity contribution >= 4 is 0 Å². The summed E-state index contributed by atoms with van der Waals surface area (Å²) >= 11 is 0. The Morgan fingerprint density at radius 2 is 1.62 bits per heavy atom. The monoisotopic (exact) mass is 197 g/mol. The molecule has 13 heavy (non-hydrogen) atoms. The van der Waals surface area contributed by atoms with E-state index in [4.69, 9.17) is 10.8 Å². The Morgan fingerprint density at radius 1 is 1.15 bits per heavy atom. The standard InChI is InChI=1S/C8H14F3NO/c9-8(10,11)7(13)5-1-3-6(12)4-2-5/h5-7,13H,1-4,12H2/t5?,6?,7-/m0/s1. The zero-order chi connectivity index (χ0) is 10.1. The van der Waals surface area contributed by atoms with Gasteiger partial charge in [0, 0.05) is 6.04 Å².